The van der Waals surface area contributed by atoms with Gasteiger partial charge in [-0.3, -0.25) is 9.78 Å². The minimum absolute atomic E-state index is 0.0118. The van der Waals surface area contributed by atoms with E-state index in [0.717, 1.165) is 0 Å². The Morgan fingerprint density at radius 3 is 2.64 bits per heavy atom. The molecule has 0 aliphatic heterocycles. The van der Waals surface area contributed by atoms with Crippen LogP contribution in [0.3, 0.4) is 0 Å². The van der Waals surface area contributed by atoms with Gasteiger partial charge in [-0.05, 0) is 25.1 Å². The molecule has 0 aliphatic carbocycles. The summed E-state index contributed by atoms with van der Waals surface area (Å²) in [7, 11) is 1.59. The van der Waals surface area contributed by atoms with E-state index >= 15 is 0 Å². The van der Waals surface area contributed by atoms with Crippen LogP contribution in [0.15, 0.2) is 36.5 Å². The monoisotopic (exact) mass is 362 g/mol. The number of aromatic carboxylic acids is 1. The highest BCUT2D eigenvalue weighted by Crippen LogP contribution is 2.27. The van der Waals surface area contributed by atoms with Gasteiger partial charge in [-0.1, -0.05) is 23.7 Å². The lowest BCUT2D eigenvalue weighted by atomic mass is 10.1. The van der Waals surface area contributed by atoms with E-state index in [1.54, 1.807) is 36.3 Å². The number of rotatable bonds is 7. The number of carboxylic acids is 1. The van der Waals surface area contributed by atoms with Gasteiger partial charge < -0.3 is 14.7 Å². The maximum Gasteiger partial charge on any atom is 0.337 e. The van der Waals surface area contributed by atoms with Gasteiger partial charge in [0.1, 0.15) is 0 Å². The lowest BCUT2D eigenvalue weighted by Gasteiger charge is -2.20. The molecule has 1 aromatic heterocycles. The zero-order valence-corrected chi connectivity index (χ0v) is 14.8. The third-order valence-corrected chi connectivity index (χ3v) is 3.99. The number of carbonyl (C=O) groups is 2. The van der Waals surface area contributed by atoms with Crippen molar-refractivity contribution in [3.05, 3.63) is 52.7 Å². The number of likely N-dealkylation sites (N-methyl/N-ethyl adjacent to an activating group) is 1. The maximum absolute atomic E-state index is 12.6. The van der Waals surface area contributed by atoms with Crippen molar-refractivity contribution >= 4 is 23.5 Å². The van der Waals surface area contributed by atoms with Crippen LogP contribution in [-0.4, -0.2) is 53.7 Å². The van der Waals surface area contributed by atoms with Crippen molar-refractivity contribution in [3.63, 3.8) is 0 Å². The molecule has 6 nitrogen and oxygen atoms in total. The highest BCUT2D eigenvalue weighted by molar-refractivity contribution is 6.33. The molecule has 1 heterocycles. The summed E-state index contributed by atoms with van der Waals surface area (Å²) in [5, 5.41) is 9.21. The average molecular weight is 363 g/mol. The van der Waals surface area contributed by atoms with Gasteiger partial charge >= 0.3 is 5.97 Å². The summed E-state index contributed by atoms with van der Waals surface area (Å²) in [6.45, 7) is 3.44. The molecule has 0 unspecified atom stereocenters. The van der Waals surface area contributed by atoms with Crippen molar-refractivity contribution in [2.24, 2.45) is 0 Å². The van der Waals surface area contributed by atoms with E-state index < -0.39 is 5.97 Å². The van der Waals surface area contributed by atoms with Crippen molar-refractivity contribution in [1.82, 2.24) is 9.88 Å². The second-order valence-corrected chi connectivity index (χ2v) is 5.73. The molecule has 2 aromatic rings. The summed E-state index contributed by atoms with van der Waals surface area (Å²) >= 11 is 6.16. The Bertz CT molecular complexity index is 779. The molecule has 0 saturated heterocycles. The molecule has 0 radical (unpaired) electrons. The number of hydrogen-bond acceptors (Lipinski definition) is 4. The Labute approximate surface area is 151 Å². The lowest BCUT2D eigenvalue weighted by molar-refractivity contribution is 0.0692. The molecule has 0 spiro atoms. The fraction of sp³-hybridized carbons (Fsp3) is 0.278. The number of hydrogen-bond donors (Lipinski definition) is 1. The molecule has 0 atom stereocenters. The molecule has 2 rings (SSSR count). The quantitative estimate of drug-likeness (QED) is 0.818. The summed E-state index contributed by atoms with van der Waals surface area (Å²) in [4.78, 5) is 29.4. The number of nitrogens with zero attached hydrogens (tertiary/aromatic N) is 2. The van der Waals surface area contributed by atoms with E-state index in [1.807, 2.05) is 6.92 Å². The number of halogens is 1. The van der Waals surface area contributed by atoms with E-state index in [-0.39, 0.29) is 16.5 Å². The molecule has 132 valence electrons. The molecular weight excluding hydrogens is 344 g/mol. The van der Waals surface area contributed by atoms with Gasteiger partial charge in [0.2, 0.25) is 0 Å². The standard InChI is InChI=1S/C18H19ClN2O4/c1-3-21(7-8-25-2)17(22)13-6-4-5-12(9-13)16-15(19)10-14(11-20-16)18(23)24/h4-6,9-11H,3,7-8H2,1-2H3,(H,23,24). The fourth-order valence-corrected chi connectivity index (χ4v) is 2.63. The van der Waals surface area contributed by atoms with E-state index in [1.165, 1.54) is 12.3 Å². The van der Waals surface area contributed by atoms with Crippen LogP contribution in [-0.2, 0) is 4.74 Å². The second-order valence-electron chi connectivity index (χ2n) is 5.32. The molecule has 0 saturated carbocycles. The van der Waals surface area contributed by atoms with Crippen molar-refractivity contribution in [2.75, 3.05) is 26.8 Å². The maximum atomic E-state index is 12.6. The van der Waals surface area contributed by atoms with Gasteiger partial charge in [-0.2, -0.15) is 0 Å². The third kappa shape index (κ3) is 4.55. The van der Waals surface area contributed by atoms with Gasteiger partial charge in [0.05, 0.1) is 22.9 Å². The minimum Gasteiger partial charge on any atom is -0.478 e. The first kappa shape index (κ1) is 18.9. The van der Waals surface area contributed by atoms with Crippen LogP contribution in [0.25, 0.3) is 11.3 Å². The van der Waals surface area contributed by atoms with E-state index in [4.69, 9.17) is 21.4 Å². The minimum atomic E-state index is -1.10. The summed E-state index contributed by atoms with van der Waals surface area (Å²) in [6, 6.07) is 8.29. The van der Waals surface area contributed by atoms with E-state index in [9.17, 15) is 9.59 Å². The van der Waals surface area contributed by atoms with E-state index in [2.05, 4.69) is 4.98 Å². The largest absolute Gasteiger partial charge is 0.478 e. The van der Waals surface area contributed by atoms with Crippen molar-refractivity contribution in [2.45, 2.75) is 6.92 Å². The first-order chi connectivity index (χ1) is 12.0. The predicted octanol–water partition coefficient (Wildman–Crippen LogP) is 3.21. The summed E-state index contributed by atoms with van der Waals surface area (Å²) in [5.41, 5.74) is 1.60. The average Bonchev–Trinajstić information content (AvgIpc) is 2.62. The zero-order valence-electron chi connectivity index (χ0n) is 14.0. The van der Waals surface area contributed by atoms with Crippen LogP contribution in [0.5, 0.6) is 0 Å². The number of benzene rings is 1. The summed E-state index contributed by atoms with van der Waals surface area (Å²) in [6.07, 6.45) is 1.25. The predicted molar refractivity (Wildman–Crippen MR) is 95.1 cm³/mol. The fourth-order valence-electron chi connectivity index (χ4n) is 2.35. The normalized spacial score (nSPS) is 10.5. The van der Waals surface area contributed by atoms with Crippen molar-refractivity contribution < 1.29 is 19.4 Å². The Kier molecular flexibility index (Phi) is 6.50. The SMILES string of the molecule is CCN(CCOC)C(=O)c1cccc(-c2ncc(C(=O)O)cc2Cl)c1. The third-order valence-electron chi connectivity index (χ3n) is 3.71. The first-order valence-electron chi connectivity index (χ1n) is 7.75. The molecule has 1 aromatic carbocycles. The van der Waals surface area contributed by atoms with Gasteiger partial charge in [0.25, 0.3) is 5.91 Å². The highest BCUT2D eigenvalue weighted by Gasteiger charge is 2.16. The van der Waals surface area contributed by atoms with Crippen LogP contribution in [0.1, 0.15) is 27.6 Å². The van der Waals surface area contributed by atoms with Crippen molar-refractivity contribution in [1.29, 1.82) is 0 Å². The second kappa shape index (κ2) is 8.60. The van der Waals surface area contributed by atoms with Crippen molar-refractivity contribution in [3.8, 4) is 11.3 Å². The first-order valence-corrected chi connectivity index (χ1v) is 8.13. The summed E-state index contributed by atoms with van der Waals surface area (Å²) in [5.74, 6) is -1.21. The Hall–Kier alpha value is -2.44. The van der Waals surface area contributed by atoms with Crippen LogP contribution >= 0.6 is 11.6 Å². The molecule has 1 amide bonds. The number of amides is 1. The Balaban J connectivity index is 2.32. The molecule has 25 heavy (non-hydrogen) atoms. The molecule has 0 fully saturated rings. The molecule has 1 N–H and O–H groups in total. The van der Waals surface area contributed by atoms with E-state index in [0.29, 0.717) is 36.5 Å². The number of ether oxygens (including phenoxy) is 1. The Morgan fingerprint density at radius 2 is 2.04 bits per heavy atom. The molecule has 0 bridgehead atoms. The highest BCUT2D eigenvalue weighted by atomic mass is 35.5. The number of pyridine rings is 1. The number of carboxylic acid groups (broad SMARTS) is 1. The molecule has 0 aliphatic rings. The van der Waals surface area contributed by atoms with Crippen LogP contribution in [0, 0.1) is 0 Å². The van der Waals surface area contributed by atoms with Crippen LogP contribution < -0.4 is 0 Å². The molecular formula is C18H19ClN2O4. The van der Waals surface area contributed by atoms with Gasteiger partial charge in [-0.25, -0.2) is 4.79 Å². The number of aromatic nitrogens is 1. The Morgan fingerprint density at radius 1 is 1.28 bits per heavy atom. The van der Waals surface area contributed by atoms with Gasteiger partial charge in [0, 0.05) is 37.5 Å². The smallest absolute Gasteiger partial charge is 0.337 e. The number of methoxy groups -OCH3 is 1. The lowest BCUT2D eigenvalue weighted by Crippen LogP contribution is -2.33. The number of carbonyl (C=O) groups excluding carboxylic acids is 1. The van der Waals surface area contributed by atoms with Gasteiger partial charge in [-0.15, -0.1) is 0 Å². The molecule has 7 heteroatoms. The zero-order chi connectivity index (χ0) is 18.4. The van der Waals surface area contributed by atoms with Crippen LogP contribution in [0.4, 0.5) is 0 Å². The topological polar surface area (TPSA) is 79.7 Å². The van der Waals surface area contributed by atoms with Crippen LogP contribution in [0.2, 0.25) is 5.02 Å². The van der Waals surface area contributed by atoms with Gasteiger partial charge in [0.15, 0.2) is 0 Å². The summed E-state index contributed by atoms with van der Waals surface area (Å²) < 4.78 is 5.03.